The Labute approximate surface area is 143 Å². The van der Waals surface area contributed by atoms with E-state index in [-0.39, 0.29) is 11.7 Å². The van der Waals surface area contributed by atoms with Crippen LogP contribution in [0.2, 0.25) is 0 Å². The quantitative estimate of drug-likeness (QED) is 0.804. The Morgan fingerprint density at radius 1 is 1.00 bits per heavy atom. The first-order valence-corrected chi connectivity index (χ1v) is 9.02. The molecule has 4 fully saturated rings. The molecular weight excluding hydrogens is 300 g/mol. The van der Waals surface area contributed by atoms with Gasteiger partial charge in [-0.15, -0.1) is 0 Å². The van der Waals surface area contributed by atoms with Crippen molar-refractivity contribution in [3.63, 3.8) is 0 Å². The van der Waals surface area contributed by atoms with E-state index in [1.165, 1.54) is 19.3 Å². The lowest BCUT2D eigenvalue weighted by molar-refractivity contribution is -0.124. The minimum atomic E-state index is -0.308. The average molecular weight is 326 g/mol. The summed E-state index contributed by atoms with van der Waals surface area (Å²) in [6, 6.07) is 7.61. The van der Waals surface area contributed by atoms with Crippen molar-refractivity contribution < 1.29 is 9.53 Å². The lowest BCUT2D eigenvalue weighted by atomic mass is 9.54. The number of rotatable bonds is 4. The van der Waals surface area contributed by atoms with Gasteiger partial charge in [0.25, 0.3) is 0 Å². The van der Waals surface area contributed by atoms with Crippen LogP contribution in [0.5, 0.6) is 0 Å². The van der Waals surface area contributed by atoms with Gasteiger partial charge in [-0.1, -0.05) is 6.58 Å². The van der Waals surface area contributed by atoms with Crippen molar-refractivity contribution in [3.8, 4) is 0 Å². The highest BCUT2D eigenvalue weighted by Crippen LogP contribution is 2.57. The molecule has 128 valence electrons. The molecule has 0 heterocycles. The molecule has 0 radical (unpaired) electrons. The van der Waals surface area contributed by atoms with Gasteiger partial charge >= 0.3 is 6.09 Å². The molecule has 0 aliphatic heterocycles. The Kier molecular flexibility index (Phi) is 3.78. The van der Waals surface area contributed by atoms with Gasteiger partial charge in [0.15, 0.2) is 0 Å². The molecule has 4 saturated carbocycles. The van der Waals surface area contributed by atoms with E-state index in [0.717, 1.165) is 54.1 Å². The predicted octanol–water partition coefficient (Wildman–Crippen LogP) is 5.15. The van der Waals surface area contributed by atoms with E-state index in [1.807, 2.05) is 31.2 Å². The summed E-state index contributed by atoms with van der Waals surface area (Å²) in [6.07, 6.45) is 6.93. The van der Waals surface area contributed by atoms with Crippen LogP contribution in [0.4, 0.5) is 16.2 Å². The van der Waals surface area contributed by atoms with Gasteiger partial charge in [-0.05, 0) is 87.5 Å². The molecule has 0 saturated heterocycles. The van der Waals surface area contributed by atoms with Gasteiger partial charge in [0.05, 0.1) is 0 Å². The highest BCUT2D eigenvalue weighted by Gasteiger charge is 2.53. The fraction of sp³-hybridized carbons (Fsp3) is 0.550. The van der Waals surface area contributed by atoms with Crippen LogP contribution in [0, 0.1) is 17.8 Å². The largest absolute Gasteiger partial charge is 0.443 e. The number of carbonyl (C=O) groups excluding carboxylic acids is 1. The third-order valence-electron chi connectivity index (χ3n) is 5.78. The fourth-order valence-corrected chi connectivity index (χ4v) is 5.38. The first-order chi connectivity index (χ1) is 11.5. The number of anilines is 2. The van der Waals surface area contributed by atoms with Crippen LogP contribution < -0.4 is 10.6 Å². The van der Waals surface area contributed by atoms with E-state index in [9.17, 15) is 4.79 Å². The van der Waals surface area contributed by atoms with Gasteiger partial charge in [-0.25, -0.2) is 4.79 Å². The van der Waals surface area contributed by atoms with Crippen LogP contribution in [0.1, 0.15) is 45.4 Å². The van der Waals surface area contributed by atoms with E-state index in [2.05, 4.69) is 17.2 Å². The molecule has 0 aromatic heterocycles. The average Bonchev–Trinajstić information content (AvgIpc) is 2.46. The van der Waals surface area contributed by atoms with E-state index in [0.29, 0.717) is 0 Å². The van der Waals surface area contributed by atoms with Crippen LogP contribution in [0.3, 0.4) is 0 Å². The van der Waals surface area contributed by atoms with Crippen LogP contribution in [-0.4, -0.2) is 11.7 Å². The molecule has 0 spiro atoms. The minimum absolute atomic E-state index is 0.194. The molecule has 5 rings (SSSR count). The Hall–Kier alpha value is -1.97. The van der Waals surface area contributed by atoms with Crippen molar-refractivity contribution in [2.24, 2.45) is 17.8 Å². The fourth-order valence-electron chi connectivity index (χ4n) is 5.38. The van der Waals surface area contributed by atoms with Crippen molar-refractivity contribution >= 4 is 17.5 Å². The molecule has 4 aliphatic rings. The second-order valence-electron chi connectivity index (χ2n) is 8.10. The maximum absolute atomic E-state index is 12.4. The molecule has 24 heavy (non-hydrogen) atoms. The SMILES string of the molecule is C=C(C)Nc1ccc(NC(=O)OC23CC4CC(CC(C4)C2)C3)cc1. The summed E-state index contributed by atoms with van der Waals surface area (Å²) in [4.78, 5) is 12.4. The molecular formula is C20H26N2O2. The standard InChI is InChI=1S/C20H26N2O2/c1-13(2)21-17-3-5-18(6-4-17)22-19(23)24-20-10-14-7-15(11-20)9-16(8-14)12-20/h3-6,14-16,21H,1,7-12H2,2H3,(H,22,23). The number of ether oxygens (including phenoxy) is 1. The maximum Gasteiger partial charge on any atom is 0.412 e. The first kappa shape index (κ1) is 15.6. The monoisotopic (exact) mass is 326 g/mol. The van der Waals surface area contributed by atoms with Gasteiger partial charge < -0.3 is 10.1 Å². The second kappa shape index (κ2) is 5.83. The highest BCUT2D eigenvalue weighted by atomic mass is 16.6. The third-order valence-corrected chi connectivity index (χ3v) is 5.78. The first-order valence-electron chi connectivity index (χ1n) is 9.02. The van der Waals surface area contributed by atoms with Crippen LogP contribution in [-0.2, 0) is 4.74 Å². The van der Waals surface area contributed by atoms with Crippen LogP contribution >= 0.6 is 0 Å². The van der Waals surface area contributed by atoms with E-state index < -0.39 is 0 Å². The number of hydrogen-bond acceptors (Lipinski definition) is 3. The van der Waals surface area contributed by atoms with E-state index in [4.69, 9.17) is 4.74 Å². The van der Waals surface area contributed by atoms with Crippen molar-refractivity contribution in [1.82, 2.24) is 0 Å². The number of amides is 1. The van der Waals surface area contributed by atoms with Crippen molar-refractivity contribution in [2.45, 2.75) is 51.0 Å². The number of nitrogens with one attached hydrogen (secondary N) is 2. The molecule has 4 nitrogen and oxygen atoms in total. The van der Waals surface area contributed by atoms with Crippen molar-refractivity contribution in [1.29, 1.82) is 0 Å². The van der Waals surface area contributed by atoms with Gasteiger partial charge in [-0.3, -0.25) is 5.32 Å². The minimum Gasteiger partial charge on any atom is -0.443 e. The number of hydrogen-bond donors (Lipinski definition) is 2. The molecule has 0 unspecified atom stereocenters. The van der Waals surface area contributed by atoms with Crippen molar-refractivity contribution in [2.75, 3.05) is 10.6 Å². The van der Waals surface area contributed by atoms with Gasteiger partial charge in [-0.2, -0.15) is 0 Å². The maximum atomic E-state index is 12.4. The summed E-state index contributed by atoms with van der Waals surface area (Å²) in [5.41, 5.74) is 2.41. The Bertz CT molecular complexity index is 615. The topological polar surface area (TPSA) is 50.4 Å². The highest BCUT2D eigenvalue weighted by molar-refractivity contribution is 5.85. The van der Waals surface area contributed by atoms with Gasteiger partial charge in [0.1, 0.15) is 5.60 Å². The molecule has 4 bridgehead atoms. The van der Waals surface area contributed by atoms with Gasteiger partial charge in [0, 0.05) is 17.1 Å². The molecule has 1 aromatic carbocycles. The predicted molar refractivity (Wildman–Crippen MR) is 95.9 cm³/mol. The summed E-state index contributed by atoms with van der Waals surface area (Å²) < 4.78 is 5.97. The van der Waals surface area contributed by atoms with Crippen LogP contribution in [0.25, 0.3) is 0 Å². The van der Waals surface area contributed by atoms with Crippen molar-refractivity contribution in [3.05, 3.63) is 36.5 Å². The van der Waals surface area contributed by atoms with Crippen LogP contribution in [0.15, 0.2) is 36.5 Å². The molecule has 4 heteroatoms. The van der Waals surface area contributed by atoms with E-state index in [1.54, 1.807) is 0 Å². The zero-order chi connectivity index (χ0) is 16.7. The third kappa shape index (κ3) is 3.14. The molecule has 1 amide bonds. The normalized spacial score (nSPS) is 33.1. The lowest BCUT2D eigenvalue weighted by Gasteiger charge is -2.55. The number of benzene rings is 1. The molecule has 4 aliphatic carbocycles. The zero-order valence-electron chi connectivity index (χ0n) is 14.3. The number of allylic oxidation sites excluding steroid dienone is 1. The Balaban J connectivity index is 1.37. The zero-order valence-corrected chi connectivity index (χ0v) is 14.3. The molecule has 1 aromatic rings. The summed E-state index contributed by atoms with van der Waals surface area (Å²) >= 11 is 0. The molecule has 0 atom stereocenters. The van der Waals surface area contributed by atoms with Gasteiger partial charge in [0.2, 0.25) is 0 Å². The Morgan fingerprint density at radius 2 is 1.46 bits per heavy atom. The molecule has 2 N–H and O–H groups in total. The number of carbonyl (C=O) groups is 1. The summed E-state index contributed by atoms with van der Waals surface area (Å²) in [7, 11) is 0. The smallest absolute Gasteiger partial charge is 0.412 e. The Morgan fingerprint density at radius 3 is 1.92 bits per heavy atom. The summed E-state index contributed by atoms with van der Waals surface area (Å²) in [5, 5.41) is 6.04. The lowest BCUT2D eigenvalue weighted by Crippen LogP contribution is -2.53. The summed E-state index contributed by atoms with van der Waals surface area (Å²) in [6.45, 7) is 5.74. The van der Waals surface area contributed by atoms with E-state index >= 15 is 0 Å². The second-order valence-corrected chi connectivity index (χ2v) is 8.10. The summed E-state index contributed by atoms with van der Waals surface area (Å²) in [5.74, 6) is 2.32.